The van der Waals surface area contributed by atoms with Crippen LogP contribution in [-0.2, 0) is 9.53 Å². The van der Waals surface area contributed by atoms with Crippen LogP contribution in [0.3, 0.4) is 0 Å². The Hall–Kier alpha value is -0.904. The first-order valence-electron chi connectivity index (χ1n) is 7.73. The third-order valence-electron chi connectivity index (χ3n) is 3.47. The van der Waals surface area contributed by atoms with Gasteiger partial charge in [-0.1, -0.05) is 19.0 Å². The number of nitrogens with one attached hydrogen (secondary N) is 1. The Labute approximate surface area is 191 Å². The Morgan fingerprint density at radius 1 is 1.48 bits per heavy atom. The summed E-state index contributed by atoms with van der Waals surface area (Å²) < 4.78 is 5.36. The van der Waals surface area contributed by atoms with E-state index in [0.29, 0.717) is 24.6 Å². The standard InChI is InChI=1S/C17H21N5O2.K/c1-13(2)22(16-6-10-24-11-7-16)21-14(3)17(23)20-12-19-15-4-8-18-9-5-15;/h4,8-9,16H,1,6-7,10-11H2,2-3H3,(H,18,19,20,23);/q-2;+1/b21-14+;. The van der Waals surface area contributed by atoms with Crippen LogP contribution in [0, 0.1) is 6.07 Å². The number of ether oxygens (including phenoxy) is 1. The van der Waals surface area contributed by atoms with Gasteiger partial charge in [-0.2, -0.15) is 5.10 Å². The van der Waals surface area contributed by atoms with Gasteiger partial charge < -0.3 is 24.8 Å². The summed E-state index contributed by atoms with van der Waals surface area (Å²) in [4.78, 5) is 19.9. The van der Waals surface area contributed by atoms with Crippen LogP contribution in [-0.4, -0.2) is 47.2 Å². The number of hydrazone groups is 1. The van der Waals surface area contributed by atoms with Crippen molar-refractivity contribution in [1.29, 1.82) is 0 Å². The van der Waals surface area contributed by atoms with Gasteiger partial charge >= 0.3 is 51.4 Å². The summed E-state index contributed by atoms with van der Waals surface area (Å²) in [6, 6.07) is 4.67. The smallest absolute Gasteiger partial charge is 0.418 e. The Morgan fingerprint density at radius 2 is 2.20 bits per heavy atom. The molecule has 128 valence electrons. The van der Waals surface area contributed by atoms with Gasteiger partial charge in [0.25, 0.3) is 0 Å². The van der Waals surface area contributed by atoms with Crippen molar-refractivity contribution in [3.8, 4) is 0 Å². The number of pyridine rings is 1. The minimum atomic E-state index is -0.369. The average molecular weight is 366 g/mol. The number of carbonyl (C=O) groups excluding carboxylic acids is 1. The first kappa shape index (κ1) is 22.1. The van der Waals surface area contributed by atoms with Crippen LogP contribution in [0.2, 0.25) is 0 Å². The van der Waals surface area contributed by atoms with E-state index in [-0.39, 0.29) is 63.3 Å². The fraction of sp³-hybridized carbons (Fsp3) is 0.412. The molecule has 0 bridgehead atoms. The van der Waals surface area contributed by atoms with Gasteiger partial charge in [0, 0.05) is 18.9 Å². The molecule has 0 atom stereocenters. The van der Waals surface area contributed by atoms with Crippen LogP contribution in [0.15, 0.2) is 40.8 Å². The minimum Gasteiger partial charge on any atom is -0.418 e. The van der Waals surface area contributed by atoms with E-state index in [1.807, 2.05) is 6.92 Å². The molecule has 8 heteroatoms. The number of allylic oxidation sites excluding steroid dienone is 1. The molecule has 0 saturated carbocycles. The summed E-state index contributed by atoms with van der Waals surface area (Å²) in [5, 5.41) is 8.68. The van der Waals surface area contributed by atoms with Gasteiger partial charge in [-0.25, -0.2) is 11.8 Å². The predicted molar refractivity (Wildman–Crippen MR) is 91.9 cm³/mol. The number of aromatic nitrogens is 1. The van der Waals surface area contributed by atoms with Crippen LogP contribution in [0.1, 0.15) is 26.7 Å². The molecule has 1 aromatic heterocycles. The van der Waals surface area contributed by atoms with E-state index in [2.05, 4.69) is 39.4 Å². The zero-order valence-corrected chi connectivity index (χ0v) is 18.1. The molecule has 1 aliphatic heterocycles. The maximum Gasteiger partial charge on any atom is 1.00 e. The third-order valence-corrected chi connectivity index (χ3v) is 3.47. The van der Waals surface area contributed by atoms with Gasteiger partial charge in [0.05, 0.1) is 11.8 Å². The Balaban J connectivity index is 0.00000312. The SMILES string of the molecule is C=C(C)N(/N=C(\C)C(=O)N[C-]=Nc1[c-]cncc1)C1CCOCC1.[K+]. The van der Waals surface area contributed by atoms with Gasteiger partial charge in [0.2, 0.25) is 0 Å². The van der Waals surface area contributed by atoms with E-state index in [1.54, 1.807) is 24.2 Å². The van der Waals surface area contributed by atoms with Crippen LogP contribution >= 0.6 is 0 Å². The van der Waals surface area contributed by atoms with Gasteiger partial charge in [-0.05, 0) is 33.0 Å². The molecule has 1 aliphatic rings. The maximum atomic E-state index is 12.1. The van der Waals surface area contributed by atoms with Crippen molar-refractivity contribution in [2.45, 2.75) is 32.7 Å². The average Bonchev–Trinajstić information content (AvgIpc) is 2.60. The molecule has 2 heterocycles. The number of nitrogens with zero attached hydrogens (tertiary/aromatic N) is 4. The zero-order chi connectivity index (χ0) is 17.4. The Morgan fingerprint density at radius 3 is 2.80 bits per heavy atom. The van der Waals surface area contributed by atoms with Gasteiger partial charge in [0.15, 0.2) is 5.91 Å². The Bertz CT molecular complexity index is 627. The fourth-order valence-electron chi connectivity index (χ4n) is 2.22. The van der Waals surface area contributed by atoms with Crippen molar-refractivity contribution < 1.29 is 60.9 Å². The third kappa shape index (κ3) is 7.47. The number of hydrogen-bond acceptors (Lipinski definition) is 6. The minimum absolute atomic E-state index is 0. The maximum absolute atomic E-state index is 12.1. The molecule has 1 saturated heterocycles. The molecule has 7 nitrogen and oxygen atoms in total. The van der Waals surface area contributed by atoms with Crippen molar-refractivity contribution in [3.05, 3.63) is 36.8 Å². The van der Waals surface area contributed by atoms with Gasteiger partial charge in [-0.15, -0.1) is 0 Å². The number of hydrogen-bond donors (Lipinski definition) is 1. The van der Waals surface area contributed by atoms with Crippen molar-refractivity contribution in [2.24, 2.45) is 10.1 Å². The normalized spacial score (nSPS) is 15.5. The second kappa shape index (κ2) is 11.7. The molecule has 0 aromatic carbocycles. The van der Waals surface area contributed by atoms with E-state index < -0.39 is 0 Å². The summed E-state index contributed by atoms with van der Waals surface area (Å²) in [7, 11) is 0. The molecule has 1 fully saturated rings. The van der Waals surface area contributed by atoms with Crippen LogP contribution in [0.4, 0.5) is 5.69 Å². The first-order valence-corrected chi connectivity index (χ1v) is 7.73. The van der Waals surface area contributed by atoms with Gasteiger partial charge in [0.1, 0.15) is 0 Å². The molecule has 1 N–H and O–H groups in total. The Kier molecular flexibility index (Phi) is 10.3. The molecule has 0 aliphatic carbocycles. The summed E-state index contributed by atoms with van der Waals surface area (Å²) in [5.74, 6) is -0.369. The largest absolute Gasteiger partial charge is 1.00 e. The fourth-order valence-corrected chi connectivity index (χ4v) is 2.22. The van der Waals surface area contributed by atoms with E-state index >= 15 is 0 Å². The number of aliphatic imine (C=N–C) groups is 1. The van der Waals surface area contributed by atoms with Gasteiger partial charge in [-0.3, -0.25) is 11.1 Å². The molecule has 2 rings (SSSR count). The van der Waals surface area contributed by atoms with Crippen molar-refractivity contribution >= 4 is 23.6 Å². The van der Waals surface area contributed by atoms with E-state index in [1.165, 1.54) is 6.20 Å². The van der Waals surface area contributed by atoms with Crippen molar-refractivity contribution in [3.63, 3.8) is 0 Å². The molecule has 1 aromatic rings. The summed E-state index contributed by atoms with van der Waals surface area (Å²) in [6.45, 7) is 8.85. The van der Waals surface area contributed by atoms with E-state index in [0.717, 1.165) is 18.5 Å². The predicted octanol–water partition coefficient (Wildman–Crippen LogP) is -1.07. The quantitative estimate of drug-likeness (QED) is 0.174. The van der Waals surface area contributed by atoms with Crippen LogP contribution in [0.25, 0.3) is 0 Å². The number of amides is 1. The molecule has 1 amide bonds. The topological polar surface area (TPSA) is 79.2 Å². The van der Waals surface area contributed by atoms with Crippen molar-refractivity contribution in [1.82, 2.24) is 15.3 Å². The first-order chi connectivity index (χ1) is 11.6. The molecule has 25 heavy (non-hydrogen) atoms. The summed E-state index contributed by atoms with van der Waals surface area (Å²) >= 11 is 0. The summed E-state index contributed by atoms with van der Waals surface area (Å²) in [6.07, 6.45) is 7.29. The zero-order valence-electron chi connectivity index (χ0n) is 15.0. The molecular formula is C17H21KN5O2-. The second-order valence-corrected chi connectivity index (χ2v) is 5.41. The van der Waals surface area contributed by atoms with E-state index in [4.69, 9.17) is 4.74 Å². The monoisotopic (exact) mass is 366 g/mol. The molecule has 0 radical (unpaired) electrons. The molecule has 0 unspecified atom stereocenters. The van der Waals surface area contributed by atoms with Crippen LogP contribution in [0.5, 0.6) is 0 Å². The molecular weight excluding hydrogens is 345 g/mol. The number of rotatable bonds is 6. The van der Waals surface area contributed by atoms with Crippen LogP contribution < -0.4 is 56.7 Å². The second-order valence-electron chi connectivity index (χ2n) is 5.41. The molecule has 0 spiro atoms. The van der Waals surface area contributed by atoms with Crippen molar-refractivity contribution in [2.75, 3.05) is 13.2 Å². The summed E-state index contributed by atoms with van der Waals surface area (Å²) in [5.41, 5.74) is 1.63. The van der Waals surface area contributed by atoms with E-state index in [9.17, 15) is 4.79 Å². The number of carbonyl (C=O) groups is 1.